The molecule has 1 aliphatic rings. The van der Waals surface area contributed by atoms with Crippen molar-refractivity contribution in [2.75, 3.05) is 16.8 Å². The summed E-state index contributed by atoms with van der Waals surface area (Å²) in [6, 6.07) is 22.6. The zero-order valence-corrected chi connectivity index (χ0v) is 17.5. The maximum atomic E-state index is 13.1. The fourth-order valence-electron chi connectivity index (χ4n) is 4.01. The third-order valence-corrected chi connectivity index (χ3v) is 5.58. The molecule has 1 aromatic heterocycles. The van der Waals surface area contributed by atoms with Crippen molar-refractivity contribution in [3.8, 4) is 22.8 Å². The number of carbonyl (C=O) groups excluding carboxylic acids is 2. The molecule has 0 aliphatic carbocycles. The minimum absolute atomic E-state index is 0.0234. The van der Waals surface area contributed by atoms with Gasteiger partial charge < -0.3 is 14.6 Å². The van der Waals surface area contributed by atoms with Crippen LogP contribution in [0.4, 0.5) is 11.4 Å². The van der Waals surface area contributed by atoms with Gasteiger partial charge in [0.15, 0.2) is 5.76 Å². The minimum Gasteiger partial charge on any atom is -0.436 e. The summed E-state index contributed by atoms with van der Waals surface area (Å²) in [6.45, 7) is 2.23. The van der Waals surface area contributed by atoms with Crippen LogP contribution in [0.15, 0.2) is 83.4 Å². The van der Waals surface area contributed by atoms with E-state index in [0.29, 0.717) is 35.0 Å². The molecule has 4 aromatic rings. The molecule has 158 valence electrons. The van der Waals surface area contributed by atoms with Crippen molar-refractivity contribution in [1.29, 1.82) is 0 Å². The number of amides is 2. The summed E-state index contributed by atoms with van der Waals surface area (Å²) < 4.78 is 5.96. The van der Waals surface area contributed by atoms with Crippen LogP contribution < -0.4 is 10.2 Å². The van der Waals surface area contributed by atoms with Gasteiger partial charge in [0.05, 0.1) is 11.8 Å². The largest absolute Gasteiger partial charge is 0.436 e. The lowest BCUT2D eigenvalue weighted by Gasteiger charge is -2.15. The Kier molecular flexibility index (Phi) is 5.03. The summed E-state index contributed by atoms with van der Waals surface area (Å²) in [5.41, 5.74) is 4.66. The number of benzene rings is 3. The summed E-state index contributed by atoms with van der Waals surface area (Å²) >= 11 is 0. The van der Waals surface area contributed by atoms with Gasteiger partial charge in [0.1, 0.15) is 0 Å². The van der Waals surface area contributed by atoms with E-state index in [0.717, 1.165) is 23.2 Å². The number of fused-ring (bicyclic) bond motifs is 1. The molecule has 0 unspecified atom stereocenters. The smallest absolute Gasteiger partial charge is 0.256 e. The van der Waals surface area contributed by atoms with Crippen LogP contribution in [-0.4, -0.2) is 23.3 Å². The normalized spacial score (nSPS) is 12.5. The van der Waals surface area contributed by atoms with E-state index in [2.05, 4.69) is 10.3 Å². The van der Waals surface area contributed by atoms with Crippen molar-refractivity contribution in [2.24, 2.45) is 0 Å². The number of nitrogens with one attached hydrogen (secondary N) is 1. The van der Waals surface area contributed by atoms with E-state index < -0.39 is 0 Å². The van der Waals surface area contributed by atoms with Gasteiger partial charge in [-0.05, 0) is 42.3 Å². The van der Waals surface area contributed by atoms with E-state index in [1.807, 2.05) is 66.7 Å². The maximum Gasteiger partial charge on any atom is 0.256 e. The third-order valence-electron chi connectivity index (χ3n) is 5.58. The zero-order chi connectivity index (χ0) is 22.1. The predicted molar refractivity (Wildman–Crippen MR) is 124 cm³/mol. The topological polar surface area (TPSA) is 75.4 Å². The van der Waals surface area contributed by atoms with Gasteiger partial charge in [-0.15, -0.1) is 0 Å². The Morgan fingerprint density at radius 2 is 1.78 bits per heavy atom. The number of oxazole rings is 1. The molecule has 5 rings (SSSR count). The number of aromatic nitrogens is 1. The number of anilines is 2. The average Bonchev–Trinajstić information content (AvgIpc) is 3.47. The van der Waals surface area contributed by atoms with E-state index in [9.17, 15) is 9.59 Å². The van der Waals surface area contributed by atoms with Gasteiger partial charge in [0, 0.05) is 36.0 Å². The van der Waals surface area contributed by atoms with Crippen LogP contribution in [0.2, 0.25) is 0 Å². The second-order valence-corrected chi connectivity index (χ2v) is 7.66. The second-order valence-electron chi connectivity index (χ2n) is 7.66. The molecule has 2 heterocycles. The molecule has 6 nitrogen and oxygen atoms in total. The van der Waals surface area contributed by atoms with Crippen molar-refractivity contribution in [2.45, 2.75) is 13.3 Å². The standard InChI is InChI=1S/C26H21N3O3/c1-17(30)29-14-13-19-15-20(11-12-23(19)29)28-25(31)21-9-5-6-10-22(21)26-27-16-24(32-26)18-7-3-2-4-8-18/h2-12,15-16H,13-14H2,1H3,(H,28,31). The van der Waals surface area contributed by atoms with Crippen molar-refractivity contribution < 1.29 is 14.0 Å². The van der Waals surface area contributed by atoms with Gasteiger partial charge in [-0.25, -0.2) is 4.98 Å². The van der Waals surface area contributed by atoms with Gasteiger partial charge >= 0.3 is 0 Å². The Morgan fingerprint density at radius 1 is 1.00 bits per heavy atom. The van der Waals surface area contributed by atoms with E-state index >= 15 is 0 Å². The van der Waals surface area contributed by atoms with Crippen molar-refractivity contribution in [3.05, 3.63) is 90.1 Å². The molecular weight excluding hydrogens is 402 g/mol. The lowest BCUT2D eigenvalue weighted by molar-refractivity contribution is -0.116. The zero-order valence-electron chi connectivity index (χ0n) is 17.5. The fraction of sp³-hybridized carbons (Fsp3) is 0.115. The molecule has 1 aliphatic heterocycles. The van der Waals surface area contributed by atoms with Crippen LogP contribution in [0.5, 0.6) is 0 Å². The molecule has 0 atom stereocenters. The van der Waals surface area contributed by atoms with Crippen molar-refractivity contribution in [1.82, 2.24) is 4.98 Å². The number of hydrogen-bond acceptors (Lipinski definition) is 4. The van der Waals surface area contributed by atoms with Crippen LogP contribution in [0.1, 0.15) is 22.8 Å². The molecule has 0 bridgehead atoms. The number of nitrogens with zero attached hydrogens (tertiary/aromatic N) is 2. The Balaban J connectivity index is 1.41. The Labute approximate surface area is 185 Å². The van der Waals surface area contributed by atoms with Gasteiger partial charge in [0.25, 0.3) is 5.91 Å². The minimum atomic E-state index is -0.249. The predicted octanol–water partition coefficient (Wildman–Crippen LogP) is 5.17. The molecule has 6 heteroatoms. The quantitative estimate of drug-likeness (QED) is 0.491. The fourth-order valence-corrected chi connectivity index (χ4v) is 4.01. The molecule has 1 N–H and O–H groups in total. The van der Waals surface area contributed by atoms with E-state index in [4.69, 9.17) is 4.42 Å². The van der Waals surface area contributed by atoms with Gasteiger partial charge in [-0.1, -0.05) is 42.5 Å². The molecule has 0 radical (unpaired) electrons. The first-order chi connectivity index (χ1) is 15.6. The number of rotatable bonds is 4. The summed E-state index contributed by atoms with van der Waals surface area (Å²) in [5.74, 6) is 0.807. The first-order valence-electron chi connectivity index (χ1n) is 10.4. The molecule has 0 fully saturated rings. The number of carbonyl (C=O) groups is 2. The van der Waals surface area contributed by atoms with Gasteiger partial charge in [-0.3, -0.25) is 9.59 Å². The van der Waals surface area contributed by atoms with E-state index in [-0.39, 0.29) is 11.8 Å². The first-order valence-corrected chi connectivity index (χ1v) is 10.4. The van der Waals surface area contributed by atoms with E-state index in [1.165, 1.54) is 0 Å². The van der Waals surface area contributed by atoms with Gasteiger partial charge in [0.2, 0.25) is 11.8 Å². The monoisotopic (exact) mass is 423 g/mol. The molecule has 2 amide bonds. The van der Waals surface area contributed by atoms with E-state index in [1.54, 1.807) is 24.1 Å². The third kappa shape index (κ3) is 3.67. The molecular formula is C26H21N3O3. The second kappa shape index (κ2) is 8.15. The highest BCUT2D eigenvalue weighted by molar-refractivity contribution is 6.08. The van der Waals surface area contributed by atoms with Crippen molar-refractivity contribution >= 4 is 23.2 Å². The Bertz CT molecular complexity index is 1310. The number of hydrogen-bond donors (Lipinski definition) is 1. The highest BCUT2D eigenvalue weighted by atomic mass is 16.4. The summed E-state index contributed by atoms with van der Waals surface area (Å²) in [6.07, 6.45) is 2.44. The molecule has 32 heavy (non-hydrogen) atoms. The van der Waals surface area contributed by atoms with Crippen LogP contribution in [-0.2, 0) is 11.2 Å². The summed E-state index contributed by atoms with van der Waals surface area (Å²) in [4.78, 5) is 31.0. The maximum absolute atomic E-state index is 13.1. The lowest BCUT2D eigenvalue weighted by Crippen LogP contribution is -2.25. The van der Waals surface area contributed by atoms with Crippen LogP contribution >= 0.6 is 0 Å². The lowest BCUT2D eigenvalue weighted by atomic mass is 10.1. The average molecular weight is 423 g/mol. The molecule has 0 spiro atoms. The van der Waals surface area contributed by atoms with Crippen LogP contribution in [0.3, 0.4) is 0 Å². The first kappa shape index (κ1) is 19.8. The Morgan fingerprint density at radius 3 is 2.59 bits per heavy atom. The Hall–Kier alpha value is -4.19. The molecule has 3 aromatic carbocycles. The van der Waals surface area contributed by atoms with Crippen LogP contribution in [0.25, 0.3) is 22.8 Å². The summed E-state index contributed by atoms with van der Waals surface area (Å²) in [7, 11) is 0. The SMILES string of the molecule is CC(=O)N1CCc2cc(NC(=O)c3ccccc3-c3ncc(-c4ccccc4)o3)ccc21. The summed E-state index contributed by atoms with van der Waals surface area (Å²) in [5, 5.41) is 2.97. The van der Waals surface area contributed by atoms with Crippen LogP contribution in [0, 0.1) is 0 Å². The molecule has 0 saturated carbocycles. The van der Waals surface area contributed by atoms with Gasteiger partial charge in [-0.2, -0.15) is 0 Å². The van der Waals surface area contributed by atoms with Crippen molar-refractivity contribution in [3.63, 3.8) is 0 Å². The molecule has 0 saturated heterocycles. The highest BCUT2D eigenvalue weighted by Gasteiger charge is 2.23. The highest BCUT2D eigenvalue weighted by Crippen LogP contribution is 2.32.